The van der Waals surface area contributed by atoms with Crippen molar-refractivity contribution in [3.8, 4) is 0 Å². The minimum Gasteiger partial charge on any atom is -0.460 e. The van der Waals surface area contributed by atoms with E-state index in [0.717, 1.165) is 10.7 Å². The Morgan fingerprint density at radius 1 is 1.33 bits per heavy atom. The summed E-state index contributed by atoms with van der Waals surface area (Å²) in [6.45, 7) is 10.0. The summed E-state index contributed by atoms with van der Waals surface area (Å²) in [5.74, 6) is -0.108. The molecule has 0 saturated carbocycles. The Labute approximate surface area is 145 Å². The van der Waals surface area contributed by atoms with Crippen LogP contribution < -0.4 is 0 Å². The van der Waals surface area contributed by atoms with Crippen molar-refractivity contribution in [2.24, 2.45) is 0 Å². The highest BCUT2D eigenvalue weighted by molar-refractivity contribution is 7.14. The minimum absolute atomic E-state index is 0.0901. The van der Waals surface area contributed by atoms with E-state index in [4.69, 9.17) is 9.15 Å². The number of aromatic nitrogens is 1. The first kappa shape index (κ1) is 18.1. The summed E-state index contributed by atoms with van der Waals surface area (Å²) in [7, 11) is 0. The van der Waals surface area contributed by atoms with Crippen molar-refractivity contribution in [3.63, 3.8) is 0 Å². The number of hydrogen-bond acceptors (Lipinski definition) is 6. The van der Waals surface area contributed by atoms with Crippen LogP contribution >= 0.6 is 11.3 Å². The van der Waals surface area contributed by atoms with Crippen molar-refractivity contribution in [1.29, 1.82) is 0 Å². The van der Waals surface area contributed by atoms with E-state index in [1.165, 1.54) is 23.5 Å². The van der Waals surface area contributed by atoms with Gasteiger partial charge in [-0.3, -0.25) is 4.79 Å². The number of aryl methyl sites for hydroxylation is 1. The van der Waals surface area contributed by atoms with Crippen molar-refractivity contribution in [2.45, 2.75) is 40.0 Å². The average molecular weight is 347 g/mol. The first-order valence-electron chi connectivity index (χ1n) is 7.69. The molecule has 0 aliphatic rings. The van der Waals surface area contributed by atoms with Gasteiger partial charge in [0.2, 0.25) is 5.76 Å². The number of carbonyl (C=O) groups is 2. The summed E-state index contributed by atoms with van der Waals surface area (Å²) in [6.07, 6.45) is 2.97. The molecule has 0 fully saturated rings. The van der Waals surface area contributed by atoms with Gasteiger partial charge in [0.15, 0.2) is 5.78 Å². The molecule has 24 heavy (non-hydrogen) atoms. The van der Waals surface area contributed by atoms with Crippen LogP contribution in [0.15, 0.2) is 22.6 Å². The number of rotatable bonds is 5. The van der Waals surface area contributed by atoms with Crippen LogP contribution in [-0.4, -0.2) is 23.3 Å². The highest BCUT2D eigenvalue weighted by Gasteiger charge is 2.22. The lowest BCUT2D eigenvalue weighted by Crippen LogP contribution is -2.10. The number of furan rings is 1. The van der Waals surface area contributed by atoms with Gasteiger partial charge in [-0.2, -0.15) is 0 Å². The maximum Gasteiger partial charge on any atom is 0.374 e. The predicted octanol–water partition coefficient (Wildman–Crippen LogP) is 4.41. The molecule has 0 unspecified atom stereocenters. The third kappa shape index (κ3) is 4.20. The second-order valence-electron chi connectivity index (χ2n) is 6.30. The topological polar surface area (TPSA) is 69.4 Å². The Morgan fingerprint density at radius 2 is 2.04 bits per heavy atom. The van der Waals surface area contributed by atoms with Crippen LogP contribution in [0.25, 0.3) is 6.08 Å². The lowest BCUT2D eigenvalue weighted by molar-refractivity contribution is 0.0489. The van der Waals surface area contributed by atoms with Crippen LogP contribution in [0.5, 0.6) is 0 Å². The van der Waals surface area contributed by atoms with E-state index >= 15 is 0 Å². The Kier molecular flexibility index (Phi) is 5.39. The van der Waals surface area contributed by atoms with Gasteiger partial charge in [0.05, 0.1) is 22.2 Å². The molecule has 0 radical (unpaired) electrons. The fourth-order valence-electron chi connectivity index (χ4n) is 1.93. The fourth-order valence-corrected chi connectivity index (χ4v) is 2.98. The molecule has 0 aliphatic carbocycles. The number of thiazole rings is 1. The van der Waals surface area contributed by atoms with Crippen LogP contribution in [0.3, 0.4) is 0 Å². The zero-order chi connectivity index (χ0) is 17.9. The third-order valence-corrected chi connectivity index (χ3v) is 4.76. The van der Waals surface area contributed by atoms with Gasteiger partial charge in [-0.25, -0.2) is 9.78 Å². The summed E-state index contributed by atoms with van der Waals surface area (Å²) >= 11 is 1.41. The molecule has 0 atom stereocenters. The van der Waals surface area contributed by atoms with Gasteiger partial charge >= 0.3 is 5.97 Å². The number of allylic oxidation sites excluding steroid dienone is 1. The fraction of sp³-hybridized carbons (Fsp3) is 0.389. The third-order valence-electron chi connectivity index (χ3n) is 3.16. The van der Waals surface area contributed by atoms with Crippen LogP contribution in [0.1, 0.15) is 64.4 Å². The normalized spacial score (nSPS) is 11.9. The standard InChI is InChI=1S/C18H21NO4S/c1-6-22-16(21)14-10-8-12(23-14)7-9-13(20)15-11(2)19-17(24-15)18(3,4)5/h7-10H,6H2,1-5H3/b9-7+. The Bertz CT molecular complexity index is 777. The van der Waals surface area contributed by atoms with E-state index in [9.17, 15) is 9.59 Å². The number of nitrogens with zero attached hydrogens (tertiary/aromatic N) is 1. The lowest BCUT2D eigenvalue weighted by Gasteiger charge is -2.13. The molecule has 6 heteroatoms. The molecule has 128 valence electrons. The minimum atomic E-state index is -0.517. The summed E-state index contributed by atoms with van der Waals surface area (Å²) < 4.78 is 10.2. The SMILES string of the molecule is CCOC(=O)c1ccc(/C=C/C(=O)c2sc(C(C)(C)C)nc2C)o1. The highest BCUT2D eigenvalue weighted by Crippen LogP contribution is 2.29. The van der Waals surface area contributed by atoms with Gasteiger partial charge < -0.3 is 9.15 Å². The van der Waals surface area contributed by atoms with Crippen molar-refractivity contribution in [2.75, 3.05) is 6.61 Å². The van der Waals surface area contributed by atoms with E-state index in [2.05, 4.69) is 25.8 Å². The number of hydrogen-bond donors (Lipinski definition) is 0. The van der Waals surface area contributed by atoms with E-state index in [1.807, 2.05) is 6.92 Å². The quantitative estimate of drug-likeness (QED) is 0.455. The van der Waals surface area contributed by atoms with E-state index in [-0.39, 0.29) is 23.6 Å². The van der Waals surface area contributed by atoms with Crippen molar-refractivity contribution < 1.29 is 18.7 Å². The summed E-state index contributed by atoms with van der Waals surface area (Å²) in [5.41, 5.74) is 0.638. The Hall–Kier alpha value is -2.21. The number of carbonyl (C=O) groups excluding carboxylic acids is 2. The second-order valence-corrected chi connectivity index (χ2v) is 7.30. The molecule has 2 rings (SSSR count). The predicted molar refractivity (Wildman–Crippen MR) is 93.6 cm³/mol. The number of esters is 1. The van der Waals surface area contributed by atoms with Crippen LogP contribution in [0.2, 0.25) is 0 Å². The van der Waals surface area contributed by atoms with E-state index < -0.39 is 5.97 Å². The monoisotopic (exact) mass is 347 g/mol. The molecule has 2 heterocycles. The lowest BCUT2D eigenvalue weighted by atomic mass is 9.98. The molecular weight excluding hydrogens is 326 g/mol. The zero-order valence-corrected chi connectivity index (χ0v) is 15.3. The van der Waals surface area contributed by atoms with Crippen molar-refractivity contribution >= 4 is 29.2 Å². The van der Waals surface area contributed by atoms with Crippen molar-refractivity contribution in [3.05, 3.63) is 45.3 Å². The van der Waals surface area contributed by atoms with Gasteiger partial charge in [0.1, 0.15) is 5.76 Å². The van der Waals surface area contributed by atoms with Crippen LogP contribution in [0.4, 0.5) is 0 Å². The van der Waals surface area contributed by atoms with Gasteiger partial charge in [0.25, 0.3) is 0 Å². The highest BCUT2D eigenvalue weighted by atomic mass is 32.1. The Balaban J connectivity index is 2.14. The summed E-state index contributed by atoms with van der Waals surface area (Å²) in [5, 5.41) is 0.930. The van der Waals surface area contributed by atoms with E-state index in [0.29, 0.717) is 10.6 Å². The van der Waals surface area contributed by atoms with Gasteiger partial charge in [-0.05, 0) is 38.1 Å². The summed E-state index contributed by atoms with van der Waals surface area (Å²) in [6, 6.07) is 3.15. The second kappa shape index (κ2) is 7.13. The molecule has 0 spiro atoms. The van der Waals surface area contributed by atoms with Crippen LogP contribution in [0, 0.1) is 6.92 Å². The molecule has 0 amide bonds. The smallest absolute Gasteiger partial charge is 0.374 e. The molecule has 0 bridgehead atoms. The molecule has 0 N–H and O–H groups in total. The first-order valence-corrected chi connectivity index (χ1v) is 8.51. The Morgan fingerprint density at radius 3 is 2.62 bits per heavy atom. The average Bonchev–Trinajstić information content (AvgIpc) is 3.11. The molecule has 0 aromatic carbocycles. The molecule has 2 aromatic rings. The van der Waals surface area contributed by atoms with Gasteiger partial charge in [-0.15, -0.1) is 11.3 Å². The number of ether oxygens (including phenoxy) is 1. The molecule has 2 aromatic heterocycles. The molecule has 5 nitrogen and oxygen atoms in total. The van der Waals surface area contributed by atoms with E-state index in [1.54, 1.807) is 19.1 Å². The zero-order valence-electron chi connectivity index (χ0n) is 14.5. The molecule has 0 aliphatic heterocycles. The van der Waals surface area contributed by atoms with Crippen LogP contribution in [-0.2, 0) is 10.2 Å². The summed E-state index contributed by atoms with van der Waals surface area (Å²) in [4.78, 5) is 29.0. The maximum absolute atomic E-state index is 12.4. The van der Waals surface area contributed by atoms with Gasteiger partial charge in [0, 0.05) is 5.41 Å². The first-order chi connectivity index (χ1) is 11.2. The van der Waals surface area contributed by atoms with Gasteiger partial charge in [-0.1, -0.05) is 20.8 Å². The number of ketones is 1. The van der Waals surface area contributed by atoms with Crippen molar-refractivity contribution in [1.82, 2.24) is 4.98 Å². The maximum atomic E-state index is 12.4. The largest absolute Gasteiger partial charge is 0.460 e. The molecule has 0 saturated heterocycles. The molecular formula is C18H21NO4S.